The van der Waals surface area contributed by atoms with Gasteiger partial charge in [-0.15, -0.1) is 5.10 Å². The third-order valence-corrected chi connectivity index (χ3v) is 6.58. The van der Waals surface area contributed by atoms with Gasteiger partial charge in [0, 0.05) is 10.6 Å². The number of ether oxygens (including phenoxy) is 2. The maximum absolute atomic E-state index is 13.8. The van der Waals surface area contributed by atoms with Crippen molar-refractivity contribution < 1.29 is 38.0 Å². The van der Waals surface area contributed by atoms with E-state index in [4.69, 9.17) is 21.1 Å². The molecular weight excluding hydrogens is 545 g/mol. The molecule has 2 aromatic heterocycles. The van der Waals surface area contributed by atoms with Crippen molar-refractivity contribution in [2.24, 2.45) is 0 Å². The van der Waals surface area contributed by atoms with Crippen molar-refractivity contribution in [2.75, 3.05) is 13.7 Å². The van der Waals surface area contributed by atoms with Crippen LogP contribution in [0.2, 0.25) is 5.02 Å². The van der Waals surface area contributed by atoms with E-state index >= 15 is 0 Å². The van der Waals surface area contributed by atoms with E-state index in [1.54, 1.807) is 25.1 Å². The van der Waals surface area contributed by atoms with Crippen molar-refractivity contribution in [3.05, 3.63) is 70.7 Å². The molecule has 1 aliphatic heterocycles. The Hall–Kier alpha value is -3.56. The zero-order chi connectivity index (χ0) is 28.0. The molecule has 3 heterocycles. The SMILES string of the molecule is COc1ccc(Cl)cc1-n1nc(C)nc1[C@@H]1O[C@H](CO)[C@H](O)[C@H](n2cc(-c3cc(F)c(F)c(F)c3)nn2)[C@H]1O. The summed E-state index contributed by atoms with van der Waals surface area (Å²) in [7, 11) is 1.46. The molecule has 5 atom stereocenters. The van der Waals surface area contributed by atoms with Crippen molar-refractivity contribution in [1.82, 2.24) is 29.8 Å². The van der Waals surface area contributed by atoms with Crippen LogP contribution in [0.1, 0.15) is 23.8 Å². The second-order valence-corrected chi connectivity index (χ2v) is 9.27. The van der Waals surface area contributed by atoms with Gasteiger partial charge in [0.1, 0.15) is 53.4 Å². The molecule has 5 rings (SSSR count). The van der Waals surface area contributed by atoms with Crippen LogP contribution >= 0.6 is 11.6 Å². The first-order chi connectivity index (χ1) is 18.6. The molecule has 0 spiro atoms. The molecule has 2 aromatic carbocycles. The number of benzene rings is 2. The smallest absolute Gasteiger partial charge is 0.194 e. The third-order valence-electron chi connectivity index (χ3n) is 6.35. The van der Waals surface area contributed by atoms with E-state index in [1.807, 2.05) is 0 Å². The highest BCUT2D eigenvalue weighted by molar-refractivity contribution is 6.30. The zero-order valence-corrected chi connectivity index (χ0v) is 21.2. The number of hydrogen-bond acceptors (Lipinski definition) is 9. The van der Waals surface area contributed by atoms with Crippen molar-refractivity contribution in [1.29, 1.82) is 0 Å². The fourth-order valence-corrected chi connectivity index (χ4v) is 4.67. The van der Waals surface area contributed by atoms with Crippen molar-refractivity contribution in [2.45, 2.75) is 37.4 Å². The number of rotatable bonds is 6. The molecule has 39 heavy (non-hydrogen) atoms. The van der Waals surface area contributed by atoms with Crippen LogP contribution in [0.25, 0.3) is 16.9 Å². The molecule has 0 aliphatic carbocycles. The fraction of sp³-hybridized carbons (Fsp3) is 0.333. The van der Waals surface area contributed by atoms with Crippen LogP contribution in [-0.2, 0) is 4.74 Å². The summed E-state index contributed by atoms with van der Waals surface area (Å²) in [6, 6.07) is 5.04. The van der Waals surface area contributed by atoms with Crippen LogP contribution in [0.4, 0.5) is 13.2 Å². The lowest BCUT2D eigenvalue weighted by Crippen LogP contribution is -2.53. The molecule has 0 radical (unpaired) electrons. The first-order valence-corrected chi connectivity index (χ1v) is 12.0. The van der Waals surface area contributed by atoms with Gasteiger partial charge in [0.15, 0.2) is 23.3 Å². The molecule has 0 saturated carbocycles. The summed E-state index contributed by atoms with van der Waals surface area (Å²) in [6.45, 7) is 0.983. The number of aromatic nitrogens is 6. The lowest BCUT2D eigenvalue weighted by atomic mass is 9.92. The van der Waals surface area contributed by atoms with E-state index in [0.717, 1.165) is 16.8 Å². The number of hydrogen-bond donors (Lipinski definition) is 3. The second kappa shape index (κ2) is 10.5. The predicted octanol–water partition coefficient (Wildman–Crippen LogP) is 2.31. The standard InChI is InChI=1S/C24H22ClF3N6O5/c1-10-29-24(34(31-10)16-7-12(25)3-4-17(16)38-2)23-22(37)20(21(36)18(9-35)39-23)33-8-15(30-32-33)11-5-13(26)19(28)14(27)6-11/h3-8,18,20-23,35-37H,9H2,1-2H3/t18-,20+,21+,22-,23-/m1/s1. The van der Waals surface area contributed by atoms with E-state index < -0.39 is 54.5 Å². The van der Waals surface area contributed by atoms with E-state index in [1.165, 1.54) is 18.0 Å². The average molecular weight is 567 g/mol. The van der Waals surface area contributed by atoms with Gasteiger partial charge in [0.05, 0.1) is 19.9 Å². The molecule has 3 N–H and O–H groups in total. The molecule has 15 heteroatoms. The normalized spacial score (nSPS) is 23.3. The zero-order valence-electron chi connectivity index (χ0n) is 20.4. The van der Waals surface area contributed by atoms with Crippen LogP contribution in [0, 0.1) is 24.4 Å². The van der Waals surface area contributed by atoms with Crippen molar-refractivity contribution >= 4 is 11.6 Å². The summed E-state index contributed by atoms with van der Waals surface area (Å²) < 4.78 is 54.7. The minimum absolute atomic E-state index is 0.0570. The van der Waals surface area contributed by atoms with E-state index in [-0.39, 0.29) is 17.1 Å². The molecule has 0 bridgehead atoms. The summed E-state index contributed by atoms with van der Waals surface area (Å²) >= 11 is 6.20. The largest absolute Gasteiger partial charge is 0.494 e. The topological polar surface area (TPSA) is 141 Å². The number of nitrogens with zero attached hydrogens (tertiary/aromatic N) is 6. The molecule has 1 saturated heterocycles. The van der Waals surface area contributed by atoms with Gasteiger partial charge < -0.3 is 24.8 Å². The molecule has 206 valence electrons. The summed E-state index contributed by atoms with van der Waals surface area (Å²) in [6.07, 6.45) is -4.27. The van der Waals surface area contributed by atoms with Gasteiger partial charge in [0.2, 0.25) is 0 Å². The van der Waals surface area contributed by atoms with Gasteiger partial charge in [-0.05, 0) is 37.3 Å². The van der Waals surface area contributed by atoms with Gasteiger partial charge in [-0.25, -0.2) is 27.5 Å². The highest BCUT2D eigenvalue weighted by Crippen LogP contribution is 2.39. The minimum Gasteiger partial charge on any atom is -0.494 e. The number of aryl methyl sites for hydroxylation is 1. The van der Waals surface area contributed by atoms with Crippen molar-refractivity contribution in [3.63, 3.8) is 0 Å². The molecule has 11 nitrogen and oxygen atoms in total. The lowest BCUT2D eigenvalue weighted by Gasteiger charge is -2.41. The number of halogens is 4. The van der Waals surface area contributed by atoms with Gasteiger partial charge in [-0.3, -0.25) is 0 Å². The second-order valence-electron chi connectivity index (χ2n) is 8.83. The maximum atomic E-state index is 13.8. The summed E-state index contributed by atoms with van der Waals surface area (Å²) in [5, 5.41) is 44.9. The molecule has 1 aliphatic rings. The minimum atomic E-state index is -1.63. The molecule has 0 amide bonds. The Labute approximate surface area is 224 Å². The Morgan fingerprint density at radius 1 is 1.10 bits per heavy atom. The number of aliphatic hydroxyl groups is 3. The monoisotopic (exact) mass is 566 g/mol. The lowest BCUT2D eigenvalue weighted by molar-refractivity contribution is -0.210. The Morgan fingerprint density at radius 2 is 1.82 bits per heavy atom. The average Bonchev–Trinajstić information content (AvgIpc) is 3.54. The Balaban J connectivity index is 1.56. The molecule has 0 unspecified atom stereocenters. The highest BCUT2D eigenvalue weighted by atomic mass is 35.5. The van der Waals surface area contributed by atoms with Crippen LogP contribution in [-0.4, -0.2) is 77.1 Å². The summed E-state index contributed by atoms with van der Waals surface area (Å²) in [5.41, 5.74) is 0.217. The molecule has 1 fully saturated rings. The quantitative estimate of drug-likeness (QED) is 0.300. The Morgan fingerprint density at radius 3 is 2.49 bits per heavy atom. The Bertz CT molecular complexity index is 1490. The summed E-state index contributed by atoms with van der Waals surface area (Å²) in [4.78, 5) is 4.41. The van der Waals surface area contributed by atoms with E-state index in [2.05, 4.69) is 20.4 Å². The van der Waals surface area contributed by atoms with Gasteiger partial charge in [-0.2, -0.15) is 5.10 Å². The van der Waals surface area contributed by atoms with E-state index in [9.17, 15) is 28.5 Å². The van der Waals surface area contributed by atoms with E-state index in [0.29, 0.717) is 22.3 Å². The molecule has 4 aromatic rings. The number of aliphatic hydroxyl groups excluding tert-OH is 3. The van der Waals surface area contributed by atoms with Gasteiger partial charge >= 0.3 is 0 Å². The first-order valence-electron chi connectivity index (χ1n) is 11.6. The van der Waals surface area contributed by atoms with Gasteiger partial charge in [-0.1, -0.05) is 16.8 Å². The maximum Gasteiger partial charge on any atom is 0.194 e. The van der Waals surface area contributed by atoms with Gasteiger partial charge in [0.25, 0.3) is 0 Å². The van der Waals surface area contributed by atoms with Crippen LogP contribution in [0.5, 0.6) is 5.75 Å². The first kappa shape index (κ1) is 27.0. The molecular formula is C24H22ClF3N6O5. The van der Waals surface area contributed by atoms with Crippen LogP contribution < -0.4 is 4.74 Å². The highest BCUT2D eigenvalue weighted by Gasteiger charge is 2.48. The number of methoxy groups -OCH3 is 1. The summed E-state index contributed by atoms with van der Waals surface area (Å²) in [5.74, 6) is -3.65. The van der Waals surface area contributed by atoms with Crippen molar-refractivity contribution in [3.8, 4) is 22.7 Å². The fourth-order valence-electron chi connectivity index (χ4n) is 4.51. The van der Waals surface area contributed by atoms with Crippen LogP contribution in [0.15, 0.2) is 36.5 Å². The Kier molecular flexibility index (Phi) is 7.31. The third kappa shape index (κ3) is 4.85. The van der Waals surface area contributed by atoms with Crippen LogP contribution in [0.3, 0.4) is 0 Å². The predicted molar refractivity (Wildman–Crippen MR) is 129 cm³/mol.